The minimum Gasteiger partial charge on any atom is -0.480 e. The number of carbonyl (C=O) groups excluding carboxylic acids is 2. The fraction of sp³-hybridized carbons (Fsp3) is 0.394. The lowest BCUT2D eigenvalue weighted by Crippen LogP contribution is -2.55. The van der Waals surface area contributed by atoms with Crippen LogP contribution in [-0.2, 0) is 28.6 Å². The Morgan fingerprint density at radius 3 is 1.15 bits per heavy atom. The molecule has 0 bridgehead atoms. The maximum absolute atomic E-state index is 11.8. The highest BCUT2D eigenvalue weighted by Gasteiger charge is 2.45. The number of carbonyl (C=O) groups is 6. The summed E-state index contributed by atoms with van der Waals surface area (Å²) in [7, 11) is 0. The number of thiophene rings is 3. The molecule has 3 aliphatic heterocycles. The Balaban J connectivity index is 0.000000373. The lowest BCUT2D eigenvalue weighted by Gasteiger charge is -2.23. The monoisotopic (exact) mass is 887 g/mol. The standard InChI is InChI=1S/2C10H10ClNO4S.C5H3ClO2S.C5H9NO3.C2H4.CH4/c2*11-7-2-1-6(17-7)8(13)12-10(9(14)15)3-4-16-5-10;6-4-2-1-3(9-4)5(7)8;6-5(4(7)8)1-2-9-3-5;1-2;/h2*1-2H,3-5H2,(H,12,13)(H,14,15);1-2H,(H,7,8);1-3,6H2,(H,7,8);1-2H2;1H4/t10-;;;;;/m0...../s1. The minimum atomic E-state index is -1.31. The van der Waals surface area contributed by atoms with Crippen molar-refractivity contribution in [1.82, 2.24) is 10.6 Å². The average Bonchev–Trinajstić information content (AvgIpc) is 3.97. The number of nitrogens with two attached hydrogens (primary N) is 1. The van der Waals surface area contributed by atoms with Gasteiger partial charge in [-0.05, 0) is 36.4 Å². The quantitative estimate of drug-likeness (QED) is 0.138. The van der Waals surface area contributed by atoms with Gasteiger partial charge >= 0.3 is 23.9 Å². The van der Waals surface area contributed by atoms with E-state index in [1.807, 2.05) is 0 Å². The zero-order chi connectivity index (χ0) is 40.7. The first-order valence-corrected chi connectivity index (χ1v) is 18.9. The van der Waals surface area contributed by atoms with E-state index in [2.05, 4.69) is 23.8 Å². The van der Waals surface area contributed by atoms with E-state index in [1.165, 1.54) is 6.07 Å². The second-order valence-electron chi connectivity index (χ2n) is 11.2. The Labute approximate surface area is 342 Å². The molecular formula is C33H40Cl3N3O13S3. The number of halogens is 3. The summed E-state index contributed by atoms with van der Waals surface area (Å²) in [6.07, 6.45) is 0.961. The molecule has 3 aliphatic rings. The van der Waals surface area contributed by atoms with Crippen molar-refractivity contribution in [1.29, 1.82) is 0 Å². The van der Waals surface area contributed by atoms with E-state index < -0.39 is 52.3 Å². The largest absolute Gasteiger partial charge is 0.480 e. The first kappa shape index (κ1) is 49.4. The summed E-state index contributed by atoms with van der Waals surface area (Å²) >= 11 is 20.2. The Kier molecular flexibility index (Phi) is 20.5. The molecule has 2 amide bonds. The fourth-order valence-electron chi connectivity index (χ4n) is 4.38. The fourth-order valence-corrected chi connectivity index (χ4v) is 7.14. The lowest BCUT2D eigenvalue weighted by molar-refractivity contribution is -0.145. The summed E-state index contributed by atoms with van der Waals surface area (Å²) in [6.45, 7) is 7.25. The van der Waals surface area contributed by atoms with Crippen molar-refractivity contribution in [2.24, 2.45) is 5.73 Å². The summed E-state index contributed by atoms with van der Waals surface area (Å²) in [6, 6.07) is 9.37. The number of ether oxygens (including phenoxy) is 3. The molecule has 2 unspecified atom stereocenters. The summed E-state index contributed by atoms with van der Waals surface area (Å²) in [5.41, 5.74) is 1.64. The molecule has 3 aromatic rings. The van der Waals surface area contributed by atoms with Crippen LogP contribution in [0.2, 0.25) is 13.0 Å². The van der Waals surface area contributed by atoms with Crippen LogP contribution in [0.5, 0.6) is 0 Å². The molecule has 0 spiro atoms. The SMILES string of the molecule is C.C=C.NC1(C(=O)O)CCOC1.O=C(NC1(C(=O)O)CCOC1)c1ccc(Cl)s1.O=C(N[C@@]1(C(=O)O)CCOC1)c1ccc(Cl)s1.O=C(O)c1ccc(Cl)s1. The number of aliphatic carboxylic acids is 3. The van der Waals surface area contributed by atoms with Crippen LogP contribution in [0, 0.1) is 0 Å². The normalized spacial score (nSPS) is 21.9. The van der Waals surface area contributed by atoms with Gasteiger partial charge < -0.3 is 51.0 Å². The van der Waals surface area contributed by atoms with Gasteiger partial charge in [-0.1, -0.05) is 42.2 Å². The maximum atomic E-state index is 11.8. The zero-order valence-corrected chi connectivity index (χ0v) is 32.9. The van der Waals surface area contributed by atoms with E-state index in [0.29, 0.717) is 49.0 Å². The second-order valence-corrected chi connectivity index (χ2v) is 16.3. The van der Waals surface area contributed by atoms with E-state index in [-0.39, 0.29) is 45.0 Å². The van der Waals surface area contributed by atoms with Gasteiger partial charge in [-0.25, -0.2) is 14.4 Å². The third kappa shape index (κ3) is 14.4. The molecule has 6 heterocycles. The van der Waals surface area contributed by atoms with Crippen LogP contribution in [0.15, 0.2) is 49.6 Å². The molecule has 304 valence electrons. The van der Waals surface area contributed by atoms with Gasteiger partial charge in [0.25, 0.3) is 11.8 Å². The van der Waals surface area contributed by atoms with E-state index in [1.54, 1.807) is 30.3 Å². The number of amides is 2. The highest BCUT2D eigenvalue weighted by molar-refractivity contribution is 7.18. The van der Waals surface area contributed by atoms with Gasteiger partial charge in [0.2, 0.25) is 0 Å². The predicted molar refractivity (Wildman–Crippen MR) is 209 cm³/mol. The molecule has 0 radical (unpaired) electrons. The minimum absolute atomic E-state index is 0. The Morgan fingerprint density at radius 1 is 0.600 bits per heavy atom. The Hall–Kier alpha value is -3.63. The van der Waals surface area contributed by atoms with Crippen LogP contribution in [0.4, 0.5) is 0 Å². The second kappa shape index (κ2) is 22.8. The first-order chi connectivity index (χ1) is 25.4. The third-order valence-corrected chi connectivity index (χ3v) is 11.1. The van der Waals surface area contributed by atoms with Crippen molar-refractivity contribution in [3.63, 3.8) is 0 Å². The van der Waals surface area contributed by atoms with Gasteiger partial charge in [0.05, 0.1) is 42.6 Å². The van der Waals surface area contributed by atoms with E-state index >= 15 is 0 Å². The highest BCUT2D eigenvalue weighted by atomic mass is 35.5. The van der Waals surface area contributed by atoms with Crippen LogP contribution in [0.1, 0.15) is 55.7 Å². The molecule has 55 heavy (non-hydrogen) atoms. The van der Waals surface area contributed by atoms with Crippen molar-refractivity contribution in [3.8, 4) is 0 Å². The summed E-state index contributed by atoms with van der Waals surface area (Å²) in [5, 5.41) is 40.1. The zero-order valence-electron chi connectivity index (χ0n) is 28.1. The number of nitrogens with one attached hydrogen (secondary N) is 2. The van der Waals surface area contributed by atoms with Gasteiger partial charge in [0.1, 0.15) is 10.4 Å². The van der Waals surface area contributed by atoms with Crippen molar-refractivity contribution in [2.45, 2.75) is 43.3 Å². The van der Waals surface area contributed by atoms with Gasteiger partial charge in [0, 0.05) is 39.1 Å². The van der Waals surface area contributed by atoms with Crippen molar-refractivity contribution < 1.29 is 63.4 Å². The molecule has 16 nitrogen and oxygen atoms in total. The number of carboxylic acids is 4. The molecule has 8 N–H and O–H groups in total. The molecule has 0 saturated carbocycles. The number of hydrogen-bond donors (Lipinski definition) is 7. The molecule has 3 aromatic heterocycles. The molecule has 0 aliphatic carbocycles. The van der Waals surface area contributed by atoms with Crippen LogP contribution in [0.3, 0.4) is 0 Å². The van der Waals surface area contributed by atoms with E-state index in [4.69, 9.17) is 75.2 Å². The van der Waals surface area contributed by atoms with Crippen LogP contribution in [0.25, 0.3) is 0 Å². The molecule has 3 fully saturated rings. The maximum Gasteiger partial charge on any atom is 0.345 e. The highest BCUT2D eigenvalue weighted by Crippen LogP contribution is 2.26. The van der Waals surface area contributed by atoms with Crippen LogP contribution >= 0.6 is 68.8 Å². The van der Waals surface area contributed by atoms with Gasteiger partial charge in [-0.2, -0.15) is 0 Å². The van der Waals surface area contributed by atoms with Gasteiger partial charge in [-0.15, -0.1) is 47.2 Å². The van der Waals surface area contributed by atoms with Crippen molar-refractivity contribution >= 4 is 105 Å². The van der Waals surface area contributed by atoms with Gasteiger partial charge in [-0.3, -0.25) is 14.4 Å². The Bertz CT molecular complexity index is 1680. The summed E-state index contributed by atoms with van der Waals surface area (Å²) < 4.78 is 16.4. The number of carboxylic acid groups (broad SMARTS) is 4. The number of hydrogen-bond acceptors (Lipinski definition) is 13. The first-order valence-electron chi connectivity index (χ1n) is 15.3. The summed E-state index contributed by atoms with van der Waals surface area (Å²) in [4.78, 5) is 67.6. The van der Waals surface area contributed by atoms with Crippen molar-refractivity contribution in [2.75, 3.05) is 39.6 Å². The lowest BCUT2D eigenvalue weighted by atomic mass is 9.99. The van der Waals surface area contributed by atoms with E-state index in [0.717, 1.165) is 34.0 Å². The average molecular weight is 889 g/mol. The number of rotatable bonds is 8. The topological polar surface area (TPSA) is 261 Å². The van der Waals surface area contributed by atoms with E-state index in [9.17, 15) is 28.8 Å². The molecular weight excluding hydrogens is 849 g/mol. The molecule has 3 atom stereocenters. The van der Waals surface area contributed by atoms with Gasteiger partial charge in [0.15, 0.2) is 11.1 Å². The predicted octanol–water partition coefficient (Wildman–Crippen LogP) is 5.48. The smallest absolute Gasteiger partial charge is 0.345 e. The Morgan fingerprint density at radius 2 is 0.945 bits per heavy atom. The van der Waals surface area contributed by atoms with Crippen molar-refractivity contribution in [3.05, 3.63) is 77.2 Å². The molecule has 0 aromatic carbocycles. The van der Waals surface area contributed by atoms with Crippen LogP contribution in [-0.4, -0.2) is 112 Å². The summed E-state index contributed by atoms with van der Waals surface area (Å²) in [5.74, 6) is -4.92. The third-order valence-electron chi connectivity index (χ3n) is 7.42. The van der Waals surface area contributed by atoms with Crippen LogP contribution < -0.4 is 16.4 Å². The number of aromatic carboxylic acids is 1. The molecule has 3 saturated heterocycles. The molecule has 22 heteroatoms. The molecule has 6 rings (SSSR count).